The first kappa shape index (κ1) is 19.4. The SMILES string of the molecule is CC(C)c1nn(-c2cccc(N3CCOCC3)c2)cc1-c1cnc(N(C)C)nc1. The van der Waals surface area contributed by atoms with E-state index >= 15 is 0 Å². The lowest BCUT2D eigenvalue weighted by atomic mass is 10.0. The van der Waals surface area contributed by atoms with Gasteiger partial charge in [0.1, 0.15) is 0 Å². The van der Waals surface area contributed by atoms with Gasteiger partial charge in [-0.25, -0.2) is 14.6 Å². The lowest BCUT2D eigenvalue weighted by molar-refractivity contribution is 0.122. The Morgan fingerprint density at radius 1 is 1.03 bits per heavy atom. The molecule has 3 aromatic rings. The van der Waals surface area contributed by atoms with Gasteiger partial charge in [0.2, 0.25) is 5.95 Å². The summed E-state index contributed by atoms with van der Waals surface area (Å²) in [5.74, 6) is 0.993. The third kappa shape index (κ3) is 4.10. The van der Waals surface area contributed by atoms with E-state index in [9.17, 15) is 0 Å². The molecule has 4 rings (SSSR count). The molecule has 1 saturated heterocycles. The lowest BCUT2D eigenvalue weighted by Crippen LogP contribution is -2.36. The summed E-state index contributed by atoms with van der Waals surface area (Å²) in [6.07, 6.45) is 5.83. The molecule has 1 fully saturated rings. The Labute approximate surface area is 172 Å². The van der Waals surface area contributed by atoms with E-state index in [0.29, 0.717) is 11.9 Å². The molecule has 0 unspecified atom stereocenters. The summed E-state index contributed by atoms with van der Waals surface area (Å²) in [6, 6.07) is 8.52. The van der Waals surface area contributed by atoms with Crippen molar-refractivity contribution in [1.29, 1.82) is 0 Å². The van der Waals surface area contributed by atoms with Gasteiger partial charge in [0.05, 0.1) is 24.6 Å². The third-order valence-electron chi connectivity index (χ3n) is 5.11. The minimum Gasteiger partial charge on any atom is -0.378 e. The number of aromatic nitrogens is 4. The minimum absolute atomic E-state index is 0.294. The molecular formula is C22H28N6O. The first-order valence-electron chi connectivity index (χ1n) is 10.1. The first-order chi connectivity index (χ1) is 14.0. The Morgan fingerprint density at radius 3 is 2.38 bits per heavy atom. The summed E-state index contributed by atoms with van der Waals surface area (Å²) >= 11 is 0. The van der Waals surface area contributed by atoms with Gasteiger partial charge >= 0.3 is 0 Å². The standard InChI is InChI=1S/C22H28N6O/c1-16(2)21-20(17-13-23-22(24-14-17)26(3)4)15-28(25-21)19-7-5-6-18(12-19)27-8-10-29-11-9-27/h5-7,12-16H,8-11H2,1-4H3. The summed E-state index contributed by atoms with van der Waals surface area (Å²) in [7, 11) is 3.88. The van der Waals surface area contributed by atoms with Gasteiger partial charge in [0.25, 0.3) is 0 Å². The third-order valence-corrected chi connectivity index (χ3v) is 5.11. The highest BCUT2D eigenvalue weighted by Crippen LogP contribution is 2.30. The predicted molar refractivity (Wildman–Crippen MR) is 116 cm³/mol. The van der Waals surface area contributed by atoms with Crippen LogP contribution < -0.4 is 9.80 Å². The topological polar surface area (TPSA) is 59.3 Å². The molecule has 0 aliphatic carbocycles. The Balaban J connectivity index is 1.69. The van der Waals surface area contributed by atoms with Crippen LogP contribution >= 0.6 is 0 Å². The van der Waals surface area contributed by atoms with E-state index in [0.717, 1.165) is 48.8 Å². The van der Waals surface area contributed by atoms with Crippen molar-refractivity contribution in [2.24, 2.45) is 0 Å². The number of hydrogen-bond donors (Lipinski definition) is 0. The van der Waals surface area contributed by atoms with Crippen molar-refractivity contribution < 1.29 is 4.74 Å². The molecule has 1 aromatic carbocycles. The molecule has 0 radical (unpaired) electrons. The van der Waals surface area contributed by atoms with Crippen LogP contribution in [-0.2, 0) is 4.74 Å². The van der Waals surface area contributed by atoms with Gasteiger partial charge in [-0.2, -0.15) is 5.10 Å². The average molecular weight is 393 g/mol. The molecule has 3 heterocycles. The van der Waals surface area contributed by atoms with Gasteiger partial charge in [-0.05, 0) is 24.1 Å². The molecule has 0 bridgehead atoms. The van der Waals surface area contributed by atoms with Crippen LogP contribution in [0.25, 0.3) is 16.8 Å². The Kier molecular flexibility index (Phi) is 5.49. The highest BCUT2D eigenvalue weighted by Gasteiger charge is 2.17. The van der Waals surface area contributed by atoms with Crippen LogP contribution in [0.1, 0.15) is 25.5 Å². The molecular weight excluding hydrogens is 364 g/mol. The molecule has 1 aliphatic rings. The fourth-order valence-corrected chi connectivity index (χ4v) is 3.51. The molecule has 2 aromatic heterocycles. The highest BCUT2D eigenvalue weighted by atomic mass is 16.5. The quantitative estimate of drug-likeness (QED) is 0.664. The normalized spacial score (nSPS) is 14.4. The summed E-state index contributed by atoms with van der Waals surface area (Å²) in [5, 5.41) is 4.91. The summed E-state index contributed by atoms with van der Waals surface area (Å²) in [6.45, 7) is 7.71. The van der Waals surface area contributed by atoms with Crippen LogP contribution in [0.15, 0.2) is 42.9 Å². The second-order valence-electron chi connectivity index (χ2n) is 7.81. The first-order valence-corrected chi connectivity index (χ1v) is 10.1. The number of ether oxygens (including phenoxy) is 1. The molecule has 29 heavy (non-hydrogen) atoms. The molecule has 0 saturated carbocycles. The van der Waals surface area contributed by atoms with Gasteiger partial charge in [-0.1, -0.05) is 19.9 Å². The van der Waals surface area contributed by atoms with Gasteiger partial charge in [-0.15, -0.1) is 0 Å². The summed E-state index contributed by atoms with van der Waals surface area (Å²) < 4.78 is 7.45. The Bertz CT molecular complexity index is 958. The number of rotatable bonds is 5. The van der Waals surface area contributed by atoms with Gasteiger partial charge in [0, 0.05) is 62.6 Å². The molecule has 7 nitrogen and oxygen atoms in total. The Morgan fingerprint density at radius 2 is 1.72 bits per heavy atom. The summed E-state index contributed by atoms with van der Waals surface area (Å²) in [5.41, 5.74) is 5.35. The van der Waals surface area contributed by atoms with Crippen molar-refractivity contribution >= 4 is 11.6 Å². The van der Waals surface area contributed by atoms with E-state index in [4.69, 9.17) is 9.84 Å². The van der Waals surface area contributed by atoms with Crippen LogP contribution in [-0.4, -0.2) is 60.1 Å². The average Bonchev–Trinajstić information content (AvgIpc) is 3.20. The largest absolute Gasteiger partial charge is 0.378 e. The summed E-state index contributed by atoms with van der Waals surface area (Å²) in [4.78, 5) is 13.2. The molecule has 0 amide bonds. The maximum absolute atomic E-state index is 5.48. The van der Waals surface area contributed by atoms with E-state index in [2.05, 4.69) is 59.2 Å². The second kappa shape index (κ2) is 8.21. The minimum atomic E-state index is 0.294. The zero-order chi connectivity index (χ0) is 20.4. The van der Waals surface area contributed by atoms with Crippen LogP contribution in [0.2, 0.25) is 0 Å². The maximum Gasteiger partial charge on any atom is 0.224 e. The van der Waals surface area contributed by atoms with Crippen molar-refractivity contribution in [2.75, 3.05) is 50.2 Å². The number of anilines is 2. The van der Waals surface area contributed by atoms with Gasteiger partial charge in [-0.3, -0.25) is 0 Å². The van der Waals surface area contributed by atoms with Crippen molar-refractivity contribution in [1.82, 2.24) is 19.7 Å². The van der Waals surface area contributed by atoms with Crippen LogP contribution in [0.3, 0.4) is 0 Å². The van der Waals surface area contributed by atoms with E-state index in [1.54, 1.807) is 0 Å². The van der Waals surface area contributed by atoms with Crippen molar-refractivity contribution in [3.63, 3.8) is 0 Å². The molecule has 152 valence electrons. The van der Waals surface area contributed by atoms with Crippen LogP contribution in [0, 0.1) is 0 Å². The van der Waals surface area contributed by atoms with Crippen LogP contribution in [0.5, 0.6) is 0 Å². The van der Waals surface area contributed by atoms with Crippen molar-refractivity contribution in [2.45, 2.75) is 19.8 Å². The van der Waals surface area contributed by atoms with Gasteiger partial charge in [0.15, 0.2) is 0 Å². The highest BCUT2D eigenvalue weighted by molar-refractivity contribution is 5.66. The van der Waals surface area contributed by atoms with Gasteiger partial charge < -0.3 is 14.5 Å². The fraction of sp³-hybridized carbons (Fsp3) is 0.409. The molecule has 0 N–H and O–H groups in total. The molecule has 0 spiro atoms. The maximum atomic E-state index is 5.48. The number of morpholine rings is 1. The Hall–Kier alpha value is -2.93. The molecule has 7 heteroatoms. The predicted octanol–water partition coefficient (Wildman–Crippen LogP) is 3.36. The molecule has 0 atom stereocenters. The van der Waals surface area contributed by atoms with E-state index in [1.165, 1.54) is 5.69 Å². The monoisotopic (exact) mass is 392 g/mol. The number of benzene rings is 1. The van der Waals surface area contributed by atoms with Crippen molar-refractivity contribution in [3.05, 3.63) is 48.5 Å². The molecule has 1 aliphatic heterocycles. The zero-order valence-electron chi connectivity index (χ0n) is 17.5. The zero-order valence-corrected chi connectivity index (χ0v) is 17.5. The fourth-order valence-electron chi connectivity index (χ4n) is 3.51. The van der Waals surface area contributed by atoms with E-state index < -0.39 is 0 Å². The van der Waals surface area contributed by atoms with E-state index in [1.807, 2.05) is 36.1 Å². The van der Waals surface area contributed by atoms with Crippen LogP contribution in [0.4, 0.5) is 11.6 Å². The number of hydrogen-bond acceptors (Lipinski definition) is 6. The van der Waals surface area contributed by atoms with Crippen molar-refractivity contribution in [3.8, 4) is 16.8 Å². The number of nitrogens with zero attached hydrogens (tertiary/aromatic N) is 6. The smallest absolute Gasteiger partial charge is 0.224 e. The van der Waals surface area contributed by atoms with E-state index in [-0.39, 0.29) is 0 Å². The lowest BCUT2D eigenvalue weighted by Gasteiger charge is -2.29. The second-order valence-corrected chi connectivity index (χ2v) is 7.81.